The van der Waals surface area contributed by atoms with Gasteiger partial charge in [0.2, 0.25) is 0 Å². The van der Waals surface area contributed by atoms with E-state index in [1.54, 1.807) is 0 Å². The Bertz CT molecular complexity index is 84.6. The summed E-state index contributed by atoms with van der Waals surface area (Å²) in [4.78, 5) is 15.5. The van der Waals surface area contributed by atoms with Crippen molar-refractivity contribution in [3.05, 3.63) is 0 Å². The van der Waals surface area contributed by atoms with Gasteiger partial charge in [-0.1, -0.05) is 0 Å². The van der Waals surface area contributed by atoms with Crippen molar-refractivity contribution in [2.75, 3.05) is 0 Å². The average Bonchev–Trinajstić information content (AvgIpc) is 1.35. The molecule has 0 saturated heterocycles. The predicted octanol–water partition coefficient (Wildman–Crippen LogP) is -4.51. The van der Waals surface area contributed by atoms with E-state index in [0.29, 0.717) is 0 Å². The smallest absolute Gasteiger partial charge is 1.00 e. The molecule has 0 aromatic rings. The van der Waals surface area contributed by atoms with Crippen molar-refractivity contribution in [2.45, 2.75) is 0 Å². The van der Waals surface area contributed by atoms with Crippen LogP contribution in [0.25, 0.3) is 0 Å². The summed E-state index contributed by atoms with van der Waals surface area (Å²) in [7, 11) is -4.00. The normalized spacial score (nSPS) is 9.25. The summed E-state index contributed by atoms with van der Waals surface area (Å²) in [6.07, 6.45) is 0. The van der Waals surface area contributed by atoms with Crippen LogP contribution in [0.1, 0.15) is 1.43 Å². The minimum absolute atomic E-state index is 0. The van der Waals surface area contributed by atoms with E-state index in [0.717, 1.165) is 0 Å². The molecular weight excluding hydrogens is 221 g/mol. The van der Waals surface area contributed by atoms with E-state index in [9.17, 15) is 4.57 Å². The average molecular weight is 227 g/mol. The Labute approximate surface area is 83.0 Å². The van der Waals surface area contributed by atoms with Crippen molar-refractivity contribution < 1.29 is 65.1 Å². The first kappa shape index (κ1) is 16.4. The molecule has 8 heteroatoms. The minimum atomic E-state index is -4.08. The fourth-order valence-electron chi connectivity index (χ4n) is 0. The molecule has 0 aromatic carbocycles. The quantitative estimate of drug-likeness (QED) is 0.350. The van der Waals surface area contributed by atoms with Crippen LogP contribution in [-0.4, -0.2) is 20.3 Å². The van der Waals surface area contributed by atoms with Crippen molar-refractivity contribution in [2.24, 2.45) is 0 Å². The van der Waals surface area contributed by atoms with Gasteiger partial charge in [0.25, 0.3) is 0 Å². The molecule has 8 heavy (non-hydrogen) atoms. The van der Waals surface area contributed by atoms with Gasteiger partial charge in [0, 0.05) is 26.2 Å². The van der Waals surface area contributed by atoms with Gasteiger partial charge in [0.05, 0.1) is 0 Å². The van der Waals surface area contributed by atoms with Gasteiger partial charge in [0.1, 0.15) is 0 Å². The Kier molecular flexibility index (Phi) is 14.2. The Morgan fingerprint density at radius 3 is 1.75 bits per heavy atom. The van der Waals surface area contributed by atoms with E-state index in [4.69, 9.17) is 9.79 Å². The Balaban J connectivity index is -0.0000000417. The summed E-state index contributed by atoms with van der Waals surface area (Å²) in [6.45, 7) is 0. The fourth-order valence-corrected chi connectivity index (χ4v) is 0. The largest absolute Gasteiger partial charge is 1.00 e. The van der Waals surface area contributed by atoms with Crippen LogP contribution in [0.3, 0.4) is 0 Å². The summed E-state index contributed by atoms with van der Waals surface area (Å²) in [5, 5.41) is 0. The number of hydrogen-bond donors (Lipinski definition) is 2. The van der Waals surface area contributed by atoms with Crippen LogP contribution in [0.4, 0.5) is 0 Å². The number of rotatable bonds is 1. The van der Waals surface area contributed by atoms with Gasteiger partial charge < -0.3 is 15.4 Å². The van der Waals surface area contributed by atoms with Crippen LogP contribution < -0.4 is 18.9 Å². The van der Waals surface area contributed by atoms with Crippen LogP contribution >= 0.6 is 7.82 Å². The molecule has 0 aliphatic heterocycles. The molecule has 0 bridgehead atoms. The van der Waals surface area contributed by atoms with E-state index in [-0.39, 0.29) is 57.0 Å². The first-order valence-electron chi connectivity index (χ1n) is 1.17. The van der Waals surface area contributed by atoms with Crippen molar-refractivity contribution >= 4 is 18.3 Å². The zero-order valence-corrected chi connectivity index (χ0v) is 10.0. The molecule has 2 N–H and O–H groups in total. The molecule has 0 heterocycles. The summed E-state index contributed by atoms with van der Waals surface area (Å²) in [6, 6.07) is 0. The molecular formula is H6LiO4PSiZr. The van der Waals surface area contributed by atoms with Gasteiger partial charge in [-0.2, -0.15) is 0 Å². The monoisotopic (exact) mass is 226 g/mol. The third-order valence-corrected chi connectivity index (χ3v) is 2.14. The molecule has 0 aliphatic carbocycles. The van der Waals surface area contributed by atoms with Gasteiger partial charge in [-0.05, 0) is 0 Å². The van der Waals surface area contributed by atoms with Crippen LogP contribution in [0, 0.1) is 0 Å². The topological polar surface area (TPSA) is 66.8 Å². The molecule has 4 nitrogen and oxygen atoms in total. The van der Waals surface area contributed by atoms with Crippen molar-refractivity contribution in [1.82, 2.24) is 0 Å². The Morgan fingerprint density at radius 1 is 1.62 bits per heavy atom. The Hall–Kier alpha value is 1.81. The maximum atomic E-state index is 9.51. The summed E-state index contributed by atoms with van der Waals surface area (Å²) in [5.41, 5.74) is 0. The first-order valence-corrected chi connectivity index (χ1v) is 3.52. The number of phosphoric acid groups is 1. The molecule has 0 spiro atoms. The van der Waals surface area contributed by atoms with E-state index < -0.39 is 7.82 Å². The zero-order valence-electron chi connectivity index (χ0n) is 5.66. The molecule has 0 amide bonds. The van der Waals surface area contributed by atoms with Crippen LogP contribution in [0.5, 0.6) is 0 Å². The maximum Gasteiger partial charge on any atom is 1.00 e. The molecule has 0 aromatic heterocycles. The van der Waals surface area contributed by atoms with E-state index in [1.165, 1.54) is 0 Å². The Morgan fingerprint density at radius 2 is 1.75 bits per heavy atom. The van der Waals surface area contributed by atoms with Crippen LogP contribution in [0.15, 0.2) is 0 Å². The summed E-state index contributed by atoms with van der Waals surface area (Å²) in [5.74, 6) is 0. The molecule has 0 fully saturated rings. The van der Waals surface area contributed by atoms with E-state index >= 15 is 0 Å². The van der Waals surface area contributed by atoms with Gasteiger partial charge in [0.15, 0.2) is 10.5 Å². The standard InChI is InChI=1S/Li.H5O4PSi.Zr.H/c;1-5(2,3)4-6;;/h;6H3,(H2,1,2,3);;/q+1;;;-1. The van der Waals surface area contributed by atoms with Crippen molar-refractivity contribution in [1.29, 1.82) is 0 Å². The SMILES string of the molecule is O=P(O)(O)O[SiH3].[H-].[Li+].[Zr]. The maximum absolute atomic E-state index is 9.51. The second kappa shape index (κ2) is 6.92. The molecule has 0 saturated carbocycles. The van der Waals surface area contributed by atoms with E-state index in [1.807, 2.05) is 0 Å². The molecule has 0 radical (unpaired) electrons. The third-order valence-electron chi connectivity index (χ3n) is 0.238. The second-order valence-corrected chi connectivity index (χ2v) is 3.11. The third kappa shape index (κ3) is 15.7. The molecule has 0 aliphatic rings. The molecule has 0 atom stereocenters. The molecule has 0 rings (SSSR count). The fraction of sp³-hybridized carbons (Fsp3) is 0. The van der Waals surface area contributed by atoms with Crippen LogP contribution in [-0.2, 0) is 35.0 Å². The summed E-state index contributed by atoms with van der Waals surface area (Å²) >= 11 is 0. The first-order chi connectivity index (χ1) is 2.56. The van der Waals surface area contributed by atoms with Crippen LogP contribution in [0.2, 0.25) is 0 Å². The predicted molar refractivity (Wildman–Crippen MR) is 24.2 cm³/mol. The van der Waals surface area contributed by atoms with Crippen molar-refractivity contribution in [3.8, 4) is 0 Å². The van der Waals surface area contributed by atoms with Gasteiger partial charge in [-0.25, -0.2) is 4.57 Å². The minimum Gasteiger partial charge on any atom is -1.00 e. The van der Waals surface area contributed by atoms with Gasteiger partial charge >= 0.3 is 26.7 Å². The molecule has 44 valence electrons. The second-order valence-electron chi connectivity index (χ2n) is 0.673. The number of hydrogen-bond acceptors (Lipinski definition) is 2. The van der Waals surface area contributed by atoms with E-state index in [2.05, 4.69) is 4.21 Å². The molecule has 0 unspecified atom stereocenters. The van der Waals surface area contributed by atoms with Crippen molar-refractivity contribution in [3.63, 3.8) is 0 Å². The zero-order chi connectivity index (χ0) is 5.21. The summed E-state index contributed by atoms with van der Waals surface area (Å²) < 4.78 is 13.2. The van der Waals surface area contributed by atoms with Gasteiger partial charge in [-0.15, -0.1) is 0 Å². The van der Waals surface area contributed by atoms with Gasteiger partial charge in [-0.3, -0.25) is 0 Å².